The van der Waals surface area contributed by atoms with Crippen LogP contribution in [0, 0.1) is 11.8 Å². The summed E-state index contributed by atoms with van der Waals surface area (Å²) in [5.41, 5.74) is 0.158. The molecule has 1 aromatic heterocycles. The summed E-state index contributed by atoms with van der Waals surface area (Å²) in [4.78, 5) is 11.7. The molecule has 0 amide bonds. The molecule has 0 fully saturated rings. The Hall–Kier alpha value is -1.73. The van der Waals surface area contributed by atoms with Gasteiger partial charge in [0.25, 0.3) is 5.56 Å². The largest absolute Gasteiger partial charge is 0.371 e. The Balaban J connectivity index is 2.96. The molecule has 4 nitrogen and oxygen atoms in total. The summed E-state index contributed by atoms with van der Waals surface area (Å²) >= 11 is 5.89. The molecule has 0 aliphatic heterocycles. The van der Waals surface area contributed by atoms with Gasteiger partial charge in [0.1, 0.15) is 5.02 Å². The van der Waals surface area contributed by atoms with Crippen LogP contribution in [-0.2, 0) is 6.54 Å². The molecule has 0 atom stereocenters. The summed E-state index contributed by atoms with van der Waals surface area (Å²) in [6, 6.07) is 0. The van der Waals surface area contributed by atoms with Crippen LogP contribution in [0.15, 0.2) is 23.6 Å². The molecule has 0 saturated heterocycles. The van der Waals surface area contributed by atoms with Crippen molar-refractivity contribution in [1.29, 1.82) is 0 Å². The molecule has 0 aliphatic rings. The van der Waals surface area contributed by atoms with Crippen LogP contribution in [0.3, 0.4) is 0 Å². The quantitative estimate of drug-likeness (QED) is 0.638. The van der Waals surface area contributed by atoms with Gasteiger partial charge < -0.3 is 5.32 Å². The van der Waals surface area contributed by atoms with Gasteiger partial charge in [0.05, 0.1) is 25.0 Å². The molecule has 1 N–H and O–H groups in total. The second kappa shape index (κ2) is 5.99. The summed E-state index contributed by atoms with van der Waals surface area (Å²) < 4.78 is 1.24. The number of nitrogens with zero attached hydrogens (tertiary/aromatic N) is 2. The molecule has 1 aromatic rings. The van der Waals surface area contributed by atoms with Crippen LogP contribution in [0.25, 0.3) is 0 Å². The van der Waals surface area contributed by atoms with Gasteiger partial charge in [0.15, 0.2) is 0 Å². The first-order valence-corrected chi connectivity index (χ1v) is 5.08. The van der Waals surface area contributed by atoms with Crippen molar-refractivity contribution in [3.8, 4) is 11.8 Å². The van der Waals surface area contributed by atoms with Crippen molar-refractivity contribution in [1.82, 2.24) is 9.78 Å². The van der Waals surface area contributed by atoms with Crippen molar-refractivity contribution >= 4 is 17.3 Å². The third-order valence-electron chi connectivity index (χ3n) is 1.83. The lowest BCUT2D eigenvalue weighted by molar-refractivity contribution is 0.653. The van der Waals surface area contributed by atoms with Crippen molar-refractivity contribution in [2.45, 2.75) is 13.5 Å². The van der Waals surface area contributed by atoms with E-state index >= 15 is 0 Å². The van der Waals surface area contributed by atoms with Crippen LogP contribution in [0.2, 0.25) is 5.02 Å². The molecule has 0 spiro atoms. The number of aromatic nitrogens is 2. The topological polar surface area (TPSA) is 46.9 Å². The highest BCUT2D eigenvalue weighted by Crippen LogP contribution is 2.14. The minimum absolute atomic E-state index is 0.120. The third-order valence-corrected chi connectivity index (χ3v) is 2.20. The molecule has 1 rings (SSSR count). The lowest BCUT2D eigenvalue weighted by Gasteiger charge is -2.06. The first kappa shape index (κ1) is 12.3. The predicted molar refractivity (Wildman–Crippen MR) is 65.6 cm³/mol. The molecule has 0 unspecified atom stereocenters. The van der Waals surface area contributed by atoms with Gasteiger partial charge in [0.2, 0.25) is 0 Å². The number of hydrogen-bond donors (Lipinski definition) is 1. The summed E-state index contributed by atoms with van der Waals surface area (Å²) in [6.45, 7) is 6.05. The Kier molecular flexibility index (Phi) is 4.62. The van der Waals surface area contributed by atoms with Crippen molar-refractivity contribution in [2.24, 2.45) is 0 Å². The molecular formula is C11H12ClN3O. The second-order valence-corrected chi connectivity index (χ2v) is 3.31. The molecule has 1 heterocycles. The molecular weight excluding hydrogens is 226 g/mol. The smallest absolute Gasteiger partial charge is 0.287 e. The first-order chi connectivity index (χ1) is 7.70. The fraction of sp³-hybridized carbons (Fsp3) is 0.273. The standard InChI is InChI=1S/C11H12ClN3O/c1-3-5-6-13-9-8-14-15(7-4-2)11(16)10(9)12/h4,8,13H,2,6-7H2,1H3. The van der Waals surface area contributed by atoms with Crippen LogP contribution in [0.4, 0.5) is 5.69 Å². The molecule has 0 aromatic carbocycles. The lowest BCUT2D eigenvalue weighted by atomic mass is 10.4. The number of hydrogen-bond acceptors (Lipinski definition) is 3. The van der Waals surface area contributed by atoms with Gasteiger partial charge in [-0.05, 0) is 6.92 Å². The van der Waals surface area contributed by atoms with Gasteiger partial charge >= 0.3 is 0 Å². The number of halogens is 1. The monoisotopic (exact) mass is 237 g/mol. The highest BCUT2D eigenvalue weighted by molar-refractivity contribution is 6.32. The highest BCUT2D eigenvalue weighted by atomic mass is 35.5. The normalized spacial score (nSPS) is 9.12. The molecule has 16 heavy (non-hydrogen) atoms. The molecule has 84 valence electrons. The van der Waals surface area contributed by atoms with E-state index in [0.29, 0.717) is 18.8 Å². The van der Waals surface area contributed by atoms with E-state index in [1.54, 1.807) is 13.0 Å². The summed E-state index contributed by atoms with van der Waals surface area (Å²) in [6.07, 6.45) is 3.09. The number of nitrogens with one attached hydrogen (secondary N) is 1. The third kappa shape index (κ3) is 2.88. The van der Waals surface area contributed by atoms with Gasteiger partial charge in [-0.3, -0.25) is 4.79 Å². The van der Waals surface area contributed by atoms with Gasteiger partial charge in [-0.15, -0.1) is 12.5 Å². The summed E-state index contributed by atoms with van der Waals surface area (Å²) in [5, 5.41) is 6.98. The van der Waals surface area contributed by atoms with Crippen LogP contribution in [0.1, 0.15) is 6.92 Å². The average molecular weight is 238 g/mol. The first-order valence-electron chi connectivity index (χ1n) is 4.70. The van der Waals surface area contributed by atoms with E-state index in [1.807, 2.05) is 0 Å². The maximum Gasteiger partial charge on any atom is 0.287 e. The Morgan fingerprint density at radius 3 is 3.12 bits per heavy atom. The van der Waals surface area contributed by atoms with E-state index in [0.717, 1.165) is 0 Å². The fourth-order valence-electron chi connectivity index (χ4n) is 1.07. The maximum absolute atomic E-state index is 11.7. The average Bonchev–Trinajstić information content (AvgIpc) is 2.28. The van der Waals surface area contributed by atoms with E-state index in [-0.39, 0.29) is 10.6 Å². The second-order valence-electron chi connectivity index (χ2n) is 2.93. The zero-order valence-electron chi connectivity index (χ0n) is 8.96. The van der Waals surface area contributed by atoms with E-state index in [4.69, 9.17) is 11.6 Å². The van der Waals surface area contributed by atoms with Crippen molar-refractivity contribution in [3.05, 3.63) is 34.2 Å². The minimum atomic E-state index is -0.337. The SMILES string of the molecule is C=CCn1ncc(NCC#CC)c(Cl)c1=O. The molecule has 0 saturated carbocycles. The summed E-state index contributed by atoms with van der Waals surface area (Å²) in [7, 11) is 0. The number of anilines is 1. The molecule has 0 aliphatic carbocycles. The Labute approximate surface area is 98.9 Å². The molecule has 0 radical (unpaired) electrons. The molecule has 5 heteroatoms. The zero-order valence-corrected chi connectivity index (χ0v) is 9.71. The van der Waals surface area contributed by atoms with Crippen molar-refractivity contribution in [3.63, 3.8) is 0 Å². The maximum atomic E-state index is 11.7. The van der Waals surface area contributed by atoms with E-state index in [9.17, 15) is 4.79 Å². The van der Waals surface area contributed by atoms with Gasteiger partial charge in [-0.2, -0.15) is 5.10 Å². The predicted octanol–water partition coefficient (Wildman–Crippen LogP) is 1.52. The lowest BCUT2D eigenvalue weighted by Crippen LogP contribution is -2.23. The van der Waals surface area contributed by atoms with Gasteiger partial charge in [0, 0.05) is 0 Å². The number of allylic oxidation sites excluding steroid dienone is 1. The Morgan fingerprint density at radius 1 is 1.75 bits per heavy atom. The van der Waals surface area contributed by atoms with Gasteiger partial charge in [-0.1, -0.05) is 23.6 Å². The van der Waals surface area contributed by atoms with Crippen LogP contribution in [-0.4, -0.2) is 16.3 Å². The molecule has 0 bridgehead atoms. The number of rotatable bonds is 4. The van der Waals surface area contributed by atoms with Crippen molar-refractivity contribution in [2.75, 3.05) is 11.9 Å². The minimum Gasteiger partial charge on any atom is -0.371 e. The Morgan fingerprint density at radius 2 is 2.50 bits per heavy atom. The van der Waals surface area contributed by atoms with Crippen LogP contribution < -0.4 is 10.9 Å². The fourth-order valence-corrected chi connectivity index (χ4v) is 1.28. The van der Waals surface area contributed by atoms with E-state index in [2.05, 4.69) is 28.8 Å². The Bertz CT molecular complexity index is 496. The van der Waals surface area contributed by atoms with Gasteiger partial charge in [-0.25, -0.2) is 4.68 Å². The van der Waals surface area contributed by atoms with Crippen molar-refractivity contribution < 1.29 is 0 Å². The summed E-state index contributed by atoms with van der Waals surface area (Å²) in [5.74, 6) is 5.54. The van der Waals surface area contributed by atoms with E-state index in [1.165, 1.54) is 10.9 Å². The van der Waals surface area contributed by atoms with Crippen LogP contribution in [0.5, 0.6) is 0 Å². The highest BCUT2D eigenvalue weighted by Gasteiger charge is 2.07. The van der Waals surface area contributed by atoms with Crippen LogP contribution >= 0.6 is 11.6 Å². The zero-order chi connectivity index (χ0) is 12.0. The van der Waals surface area contributed by atoms with E-state index < -0.39 is 0 Å².